The normalized spacial score (nSPS) is 14.9. The molecule has 3 aromatic carbocycles. The molecule has 0 fully saturated rings. The molecule has 0 atom stereocenters. The van der Waals surface area contributed by atoms with Crippen molar-refractivity contribution in [3.8, 4) is 0 Å². The highest BCUT2D eigenvalue weighted by Crippen LogP contribution is 2.40. The Kier molecular flexibility index (Phi) is 6.01. The molecule has 1 aliphatic heterocycles. The van der Waals surface area contributed by atoms with E-state index >= 15 is 0 Å². The maximum absolute atomic E-state index is 13.2. The molecule has 32 heavy (non-hydrogen) atoms. The highest BCUT2D eigenvalue weighted by molar-refractivity contribution is 8.04. The lowest BCUT2D eigenvalue weighted by Crippen LogP contribution is -2.18. The van der Waals surface area contributed by atoms with Crippen LogP contribution >= 0.6 is 11.8 Å². The molecule has 1 amide bonds. The number of carbonyl (C=O) groups is 1. The van der Waals surface area contributed by atoms with Gasteiger partial charge in [0.25, 0.3) is 5.91 Å². The molecule has 0 aromatic heterocycles. The van der Waals surface area contributed by atoms with E-state index in [0.717, 1.165) is 38.3 Å². The number of nitrogens with one attached hydrogen (secondary N) is 1. The van der Waals surface area contributed by atoms with Gasteiger partial charge in [-0.2, -0.15) is 0 Å². The molecule has 4 nitrogen and oxygen atoms in total. The van der Waals surface area contributed by atoms with E-state index in [-0.39, 0.29) is 16.6 Å². The zero-order valence-electron chi connectivity index (χ0n) is 18.5. The van der Waals surface area contributed by atoms with Crippen molar-refractivity contribution in [2.75, 3.05) is 5.32 Å². The summed E-state index contributed by atoms with van der Waals surface area (Å²) >= 11 is 1.30. The van der Waals surface area contributed by atoms with Gasteiger partial charge in [-0.25, -0.2) is 8.42 Å². The zero-order valence-corrected chi connectivity index (χ0v) is 20.2. The minimum absolute atomic E-state index is 0.0490. The fourth-order valence-corrected chi connectivity index (χ4v) is 6.44. The van der Waals surface area contributed by atoms with Gasteiger partial charge in [-0.05, 0) is 79.8 Å². The summed E-state index contributed by atoms with van der Waals surface area (Å²) in [7, 11) is -3.54. The Bertz CT molecular complexity index is 1350. The molecule has 1 heterocycles. The third kappa shape index (κ3) is 4.52. The van der Waals surface area contributed by atoms with E-state index in [1.54, 1.807) is 18.2 Å². The fraction of sp³-hybridized carbons (Fsp3) is 0.192. The Morgan fingerprint density at radius 2 is 1.62 bits per heavy atom. The number of fused-ring (bicyclic) bond motifs is 1. The van der Waals surface area contributed by atoms with Crippen molar-refractivity contribution in [3.63, 3.8) is 0 Å². The smallest absolute Gasteiger partial charge is 0.262 e. The summed E-state index contributed by atoms with van der Waals surface area (Å²) in [5.74, 6) is -0.235. The van der Waals surface area contributed by atoms with Gasteiger partial charge in [0.2, 0.25) is 0 Å². The van der Waals surface area contributed by atoms with Crippen molar-refractivity contribution in [1.29, 1.82) is 0 Å². The van der Waals surface area contributed by atoms with Crippen LogP contribution in [-0.4, -0.2) is 14.3 Å². The van der Waals surface area contributed by atoms with E-state index in [1.807, 2.05) is 64.1 Å². The van der Waals surface area contributed by atoms with Crippen LogP contribution in [0.2, 0.25) is 0 Å². The van der Waals surface area contributed by atoms with Crippen molar-refractivity contribution in [3.05, 3.63) is 92.9 Å². The van der Waals surface area contributed by atoms with E-state index in [9.17, 15) is 13.2 Å². The molecule has 164 valence electrons. The molecule has 4 rings (SSSR count). The highest BCUT2D eigenvalue weighted by Gasteiger charge is 2.25. The van der Waals surface area contributed by atoms with Gasteiger partial charge in [0.05, 0.1) is 21.2 Å². The van der Waals surface area contributed by atoms with Crippen molar-refractivity contribution in [2.24, 2.45) is 0 Å². The van der Waals surface area contributed by atoms with Gasteiger partial charge in [0, 0.05) is 4.90 Å². The zero-order chi connectivity index (χ0) is 23.0. The Labute approximate surface area is 193 Å². The largest absolute Gasteiger partial charge is 0.320 e. The molecule has 0 aliphatic carbocycles. The highest BCUT2D eigenvalue weighted by atomic mass is 32.2. The predicted octanol–water partition coefficient (Wildman–Crippen LogP) is 5.98. The first-order valence-corrected chi connectivity index (χ1v) is 12.8. The summed E-state index contributed by atoms with van der Waals surface area (Å²) in [5, 5.41) is 2.88. The number of rotatable bonds is 4. The fourth-order valence-electron chi connectivity index (χ4n) is 3.81. The second-order valence-electron chi connectivity index (χ2n) is 8.21. The second kappa shape index (κ2) is 8.60. The molecule has 3 aromatic rings. The minimum Gasteiger partial charge on any atom is -0.320 e. The number of carbonyl (C=O) groups excluding carboxylic acids is 1. The molecule has 6 heteroatoms. The van der Waals surface area contributed by atoms with Crippen LogP contribution in [0.5, 0.6) is 0 Å². The number of hydrogen-bond acceptors (Lipinski definition) is 4. The average molecular weight is 464 g/mol. The van der Waals surface area contributed by atoms with Crippen LogP contribution < -0.4 is 5.32 Å². The monoisotopic (exact) mass is 463 g/mol. The molecule has 1 N–H and O–H groups in total. The number of hydrogen-bond donors (Lipinski definition) is 1. The van der Waals surface area contributed by atoms with Crippen LogP contribution in [-0.2, 0) is 20.4 Å². The van der Waals surface area contributed by atoms with Gasteiger partial charge in [-0.15, -0.1) is 0 Å². The van der Waals surface area contributed by atoms with Gasteiger partial charge in [0.1, 0.15) is 0 Å². The van der Waals surface area contributed by atoms with Crippen LogP contribution in [0.25, 0.3) is 6.08 Å². The lowest BCUT2D eigenvalue weighted by molar-refractivity contribution is -0.112. The molecule has 0 unspecified atom stereocenters. The predicted molar refractivity (Wildman–Crippen MR) is 132 cm³/mol. The molecular weight excluding hydrogens is 438 g/mol. The summed E-state index contributed by atoms with van der Waals surface area (Å²) in [6.45, 7) is 7.90. The first-order valence-electron chi connectivity index (χ1n) is 10.3. The Balaban J connectivity index is 1.67. The number of thioether (sulfide) groups is 1. The number of aryl methyl sites for hydroxylation is 4. The standard InChI is InChI=1S/C26H25NO3S2/c1-16-8-9-20(19(4)12-16)13-25-26(28)27-23-11-10-21(14-24(23)31-25)32(29,30)15-22-17(2)6-5-7-18(22)3/h5-14H,15H2,1-4H3,(H,27,28). The van der Waals surface area contributed by atoms with E-state index < -0.39 is 9.84 Å². The lowest BCUT2D eigenvalue weighted by Gasteiger charge is -2.20. The SMILES string of the molecule is Cc1ccc(C=C2Sc3cc(S(=O)(=O)Cc4c(C)cccc4C)ccc3NC2=O)c(C)c1. The van der Waals surface area contributed by atoms with E-state index in [1.165, 1.54) is 11.8 Å². The van der Waals surface area contributed by atoms with Gasteiger partial charge in [0.15, 0.2) is 9.84 Å². The van der Waals surface area contributed by atoms with Gasteiger partial charge >= 0.3 is 0 Å². The van der Waals surface area contributed by atoms with Crippen LogP contribution in [0.1, 0.15) is 33.4 Å². The molecular formula is C26H25NO3S2. The minimum atomic E-state index is -3.54. The summed E-state index contributed by atoms with van der Waals surface area (Å²) in [4.78, 5) is 14.1. The van der Waals surface area contributed by atoms with Crippen molar-refractivity contribution in [2.45, 2.75) is 43.2 Å². The van der Waals surface area contributed by atoms with E-state index in [4.69, 9.17) is 0 Å². The van der Waals surface area contributed by atoms with E-state index in [0.29, 0.717) is 10.6 Å². The molecule has 0 radical (unpaired) electrons. The first kappa shape index (κ1) is 22.4. The lowest BCUT2D eigenvalue weighted by atomic mass is 10.1. The Hall–Kier alpha value is -2.83. The molecule has 0 bridgehead atoms. The van der Waals surface area contributed by atoms with Crippen molar-refractivity contribution < 1.29 is 13.2 Å². The number of amides is 1. The Morgan fingerprint density at radius 1 is 0.906 bits per heavy atom. The number of anilines is 1. The molecule has 0 saturated carbocycles. The third-order valence-corrected chi connectivity index (χ3v) is 8.42. The van der Waals surface area contributed by atoms with Crippen LogP contribution in [0.3, 0.4) is 0 Å². The third-order valence-electron chi connectivity index (χ3n) is 5.69. The van der Waals surface area contributed by atoms with Crippen molar-refractivity contribution in [1.82, 2.24) is 0 Å². The maximum atomic E-state index is 13.2. The van der Waals surface area contributed by atoms with Gasteiger partial charge in [-0.1, -0.05) is 53.7 Å². The summed E-state index contributed by atoms with van der Waals surface area (Å²) in [5.41, 5.74) is 6.61. The van der Waals surface area contributed by atoms with E-state index in [2.05, 4.69) is 11.4 Å². The quantitative estimate of drug-likeness (QED) is 0.484. The molecule has 0 spiro atoms. The summed E-state index contributed by atoms with van der Waals surface area (Å²) < 4.78 is 26.4. The van der Waals surface area contributed by atoms with Gasteiger partial charge < -0.3 is 5.32 Å². The van der Waals surface area contributed by atoms with Crippen LogP contribution in [0.15, 0.2) is 69.3 Å². The van der Waals surface area contributed by atoms with Crippen LogP contribution in [0, 0.1) is 27.7 Å². The summed E-state index contributed by atoms with van der Waals surface area (Å²) in [6, 6.07) is 16.8. The van der Waals surface area contributed by atoms with Gasteiger partial charge in [-0.3, -0.25) is 4.79 Å². The second-order valence-corrected chi connectivity index (χ2v) is 11.3. The van der Waals surface area contributed by atoms with Crippen LogP contribution in [0.4, 0.5) is 5.69 Å². The number of sulfone groups is 1. The Morgan fingerprint density at radius 3 is 2.31 bits per heavy atom. The average Bonchev–Trinajstić information content (AvgIpc) is 2.73. The summed E-state index contributed by atoms with van der Waals surface area (Å²) in [6.07, 6.45) is 1.86. The topological polar surface area (TPSA) is 63.2 Å². The number of benzene rings is 3. The molecule has 0 saturated heterocycles. The first-order chi connectivity index (χ1) is 15.1. The van der Waals surface area contributed by atoms with Crippen molar-refractivity contribution >= 4 is 39.3 Å². The molecule has 1 aliphatic rings. The maximum Gasteiger partial charge on any atom is 0.262 e.